The summed E-state index contributed by atoms with van der Waals surface area (Å²) in [6, 6.07) is 14.6. The second kappa shape index (κ2) is 9.77. The summed E-state index contributed by atoms with van der Waals surface area (Å²) in [7, 11) is 0. The summed E-state index contributed by atoms with van der Waals surface area (Å²) in [5, 5.41) is 43.9. The molecule has 2 aliphatic rings. The average molecular weight is 464 g/mol. The number of benzene rings is 2. The Morgan fingerprint density at radius 2 is 1.59 bits per heavy atom. The first-order valence-corrected chi connectivity index (χ1v) is 11.0. The number of nitrogens with one attached hydrogen (secondary N) is 1. The van der Waals surface area contributed by atoms with E-state index >= 15 is 0 Å². The van der Waals surface area contributed by atoms with Crippen LogP contribution < -0.4 is 5.32 Å². The van der Waals surface area contributed by atoms with Gasteiger partial charge in [0.2, 0.25) is 0 Å². The van der Waals surface area contributed by atoms with Crippen LogP contribution in [0.3, 0.4) is 0 Å². The molecule has 0 amide bonds. The number of aliphatic hydroxyl groups excluding tert-OH is 4. The number of fused-ring (bicyclic) bond motifs is 1. The van der Waals surface area contributed by atoms with Crippen LogP contribution in [-0.2, 0) is 16.6 Å². The van der Waals surface area contributed by atoms with Crippen molar-refractivity contribution in [1.82, 2.24) is 5.32 Å². The molecule has 1 saturated heterocycles. The molecule has 0 aliphatic carbocycles. The van der Waals surface area contributed by atoms with Crippen molar-refractivity contribution in [2.45, 2.75) is 69.2 Å². The topological polar surface area (TPSA) is 102 Å². The van der Waals surface area contributed by atoms with Crippen molar-refractivity contribution in [3.8, 4) is 0 Å². The highest BCUT2D eigenvalue weighted by Crippen LogP contribution is 2.37. The molecule has 6 atom stereocenters. The summed E-state index contributed by atoms with van der Waals surface area (Å²) in [4.78, 5) is 0. The highest BCUT2D eigenvalue weighted by Gasteiger charge is 2.44. The zero-order valence-corrected chi connectivity index (χ0v) is 19.5. The minimum absolute atomic E-state index is 0. The molecule has 0 aromatic heterocycles. The number of hydrogen-bond acceptors (Lipinski definition) is 6. The molecule has 2 aliphatic heterocycles. The van der Waals surface area contributed by atoms with Gasteiger partial charge in [-0.1, -0.05) is 63.2 Å². The van der Waals surface area contributed by atoms with E-state index in [4.69, 9.17) is 4.74 Å². The van der Waals surface area contributed by atoms with Gasteiger partial charge in [-0.25, -0.2) is 0 Å². The smallest absolute Gasteiger partial charge is 0.113 e. The van der Waals surface area contributed by atoms with E-state index < -0.39 is 37.1 Å². The van der Waals surface area contributed by atoms with E-state index in [1.807, 2.05) is 18.2 Å². The molecular weight excluding hydrogens is 430 g/mol. The molecule has 1 fully saturated rings. The van der Waals surface area contributed by atoms with Crippen LogP contribution in [-0.4, -0.2) is 58.0 Å². The van der Waals surface area contributed by atoms with Gasteiger partial charge >= 0.3 is 0 Å². The van der Waals surface area contributed by atoms with E-state index in [1.54, 1.807) is 0 Å². The molecule has 2 heterocycles. The van der Waals surface area contributed by atoms with Gasteiger partial charge in [-0.2, -0.15) is 0 Å². The molecule has 5 N–H and O–H groups in total. The lowest BCUT2D eigenvalue weighted by atomic mass is 9.83. The Bertz CT molecular complexity index is 912. The Hall–Kier alpha value is -1.51. The quantitative estimate of drug-likeness (QED) is 0.478. The largest absolute Gasteiger partial charge is 0.394 e. The van der Waals surface area contributed by atoms with Crippen LogP contribution in [0.25, 0.3) is 0 Å². The predicted octanol–water partition coefficient (Wildman–Crippen LogP) is 2.16. The van der Waals surface area contributed by atoms with Crippen LogP contribution in [0.2, 0.25) is 0 Å². The Balaban J connectivity index is 0.00000289. The summed E-state index contributed by atoms with van der Waals surface area (Å²) in [5.74, 6) is 0. The zero-order valence-electron chi connectivity index (χ0n) is 18.7. The normalized spacial score (nSPS) is 30.3. The first-order valence-electron chi connectivity index (χ1n) is 11.0. The summed E-state index contributed by atoms with van der Waals surface area (Å²) < 4.78 is 5.77. The highest BCUT2D eigenvalue weighted by atomic mass is 35.5. The molecule has 0 saturated carbocycles. The molecule has 0 unspecified atom stereocenters. The second-order valence-corrected chi connectivity index (χ2v) is 9.72. The van der Waals surface area contributed by atoms with Crippen molar-refractivity contribution in [3.63, 3.8) is 0 Å². The third-order valence-corrected chi connectivity index (χ3v) is 6.55. The Labute approximate surface area is 195 Å². The molecular formula is C25H34ClNO5. The van der Waals surface area contributed by atoms with E-state index in [9.17, 15) is 20.4 Å². The van der Waals surface area contributed by atoms with Gasteiger partial charge in [0.15, 0.2) is 0 Å². The summed E-state index contributed by atoms with van der Waals surface area (Å²) >= 11 is 0. The van der Waals surface area contributed by atoms with Crippen LogP contribution >= 0.6 is 12.4 Å². The van der Waals surface area contributed by atoms with Crippen molar-refractivity contribution >= 4 is 12.4 Å². The van der Waals surface area contributed by atoms with Crippen molar-refractivity contribution < 1.29 is 25.2 Å². The number of aliphatic hydroxyl groups is 4. The average Bonchev–Trinajstić information content (AvgIpc) is 2.76. The monoisotopic (exact) mass is 463 g/mol. The van der Waals surface area contributed by atoms with Crippen molar-refractivity contribution in [1.29, 1.82) is 0 Å². The van der Waals surface area contributed by atoms with Gasteiger partial charge in [-0.05, 0) is 39.7 Å². The number of rotatable bonds is 3. The number of hydrogen-bond donors (Lipinski definition) is 5. The fourth-order valence-corrected chi connectivity index (χ4v) is 4.60. The maximum Gasteiger partial charge on any atom is 0.113 e. The SMILES string of the molecule is CC(C)(C)c1ccc([C@@H]2NCCc3ccc([C@@H]4O[C@H](CO)[C@@H](O)[C@H](O)[C@H]4O)cc32)cc1.Cl. The Morgan fingerprint density at radius 3 is 2.22 bits per heavy atom. The maximum atomic E-state index is 10.5. The van der Waals surface area contributed by atoms with Crippen molar-refractivity contribution in [3.05, 3.63) is 70.3 Å². The number of halogens is 1. The molecule has 6 nitrogen and oxygen atoms in total. The third kappa shape index (κ3) is 4.73. The molecule has 2 aromatic carbocycles. The highest BCUT2D eigenvalue weighted by molar-refractivity contribution is 5.85. The first kappa shape index (κ1) is 25.1. The van der Waals surface area contributed by atoms with Crippen LogP contribution in [0.5, 0.6) is 0 Å². The van der Waals surface area contributed by atoms with Crippen LogP contribution in [0, 0.1) is 0 Å². The molecule has 0 spiro atoms. The van der Waals surface area contributed by atoms with Gasteiger partial charge in [0.25, 0.3) is 0 Å². The molecule has 32 heavy (non-hydrogen) atoms. The molecule has 176 valence electrons. The van der Waals surface area contributed by atoms with Crippen LogP contribution in [0.15, 0.2) is 42.5 Å². The molecule has 7 heteroatoms. The molecule has 0 radical (unpaired) electrons. The summed E-state index contributed by atoms with van der Waals surface area (Å²) in [6.07, 6.45) is -4.86. The van der Waals surface area contributed by atoms with Gasteiger partial charge in [0.1, 0.15) is 30.5 Å². The molecule has 0 bridgehead atoms. The maximum absolute atomic E-state index is 10.5. The Morgan fingerprint density at radius 1 is 0.938 bits per heavy atom. The minimum Gasteiger partial charge on any atom is -0.394 e. The third-order valence-electron chi connectivity index (χ3n) is 6.55. The van der Waals surface area contributed by atoms with E-state index in [1.165, 1.54) is 16.7 Å². The van der Waals surface area contributed by atoms with Gasteiger partial charge in [-0.3, -0.25) is 0 Å². The van der Waals surface area contributed by atoms with Gasteiger partial charge in [0, 0.05) is 6.54 Å². The van der Waals surface area contributed by atoms with E-state index in [0.29, 0.717) is 0 Å². The van der Waals surface area contributed by atoms with Gasteiger partial charge in [-0.15, -0.1) is 12.4 Å². The van der Waals surface area contributed by atoms with Gasteiger partial charge in [0.05, 0.1) is 12.6 Å². The van der Waals surface area contributed by atoms with E-state index in [0.717, 1.165) is 24.1 Å². The summed E-state index contributed by atoms with van der Waals surface area (Å²) in [6.45, 7) is 7.03. The second-order valence-electron chi connectivity index (χ2n) is 9.72. The molecule has 4 rings (SSSR count). The summed E-state index contributed by atoms with van der Waals surface area (Å²) in [5.41, 5.74) is 5.60. The van der Waals surface area contributed by atoms with Gasteiger partial charge < -0.3 is 30.5 Å². The lowest BCUT2D eigenvalue weighted by molar-refractivity contribution is -0.231. The standard InChI is InChI=1S/C25H33NO5.ClH/c1-25(2,3)17-8-6-15(7-9-17)20-18-12-16(5-4-14(18)10-11-26-20)24-23(30)22(29)21(28)19(13-27)31-24;/h4-9,12,19-24,26-30H,10-11,13H2,1-3H3;1H/t19-,20+,21-,22+,23-,24+;/m1./s1. The first-order chi connectivity index (χ1) is 14.7. The van der Waals surface area contributed by atoms with Crippen LogP contribution in [0.1, 0.15) is 60.7 Å². The fourth-order valence-electron chi connectivity index (χ4n) is 4.60. The zero-order chi connectivity index (χ0) is 22.3. The lowest BCUT2D eigenvalue weighted by Gasteiger charge is -2.40. The number of ether oxygens (including phenoxy) is 1. The Kier molecular flexibility index (Phi) is 7.67. The van der Waals surface area contributed by atoms with E-state index in [2.05, 4.69) is 50.4 Å². The fraction of sp³-hybridized carbons (Fsp3) is 0.520. The van der Waals surface area contributed by atoms with Crippen molar-refractivity contribution in [2.75, 3.05) is 13.2 Å². The molecule has 2 aromatic rings. The van der Waals surface area contributed by atoms with Crippen LogP contribution in [0.4, 0.5) is 0 Å². The lowest BCUT2D eigenvalue weighted by Crippen LogP contribution is -2.55. The minimum atomic E-state index is -1.38. The van der Waals surface area contributed by atoms with E-state index in [-0.39, 0.29) is 23.9 Å². The predicted molar refractivity (Wildman–Crippen MR) is 125 cm³/mol. The van der Waals surface area contributed by atoms with Crippen molar-refractivity contribution in [2.24, 2.45) is 0 Å².